The van der Waals surface area contributed by atoms with Crippen LogP contribution in [0.3, 0.4) is 0 Å². The Morgan fingerprint density at radius 1 is 1.06 bits per heavy atom. The Hall–Kier alpha value is -1.55. The van der Waals surface area contributed by atoms with Crippen LogP contribution < -0.4 is 5.56 Å². The molecule has 0 radical (unpaired) electrons. The number of fused-ring (bicyclic) bond motifs is 4. The maximum atomic E-state index is 14.3. The lowest BCUT2D eigenvalue weighted by Gasteiger charge is -2.42. The van der Waals surface area contributed by atoms with Crippen LogP contribution in [-0.2, 0) is 18.4 Å². The molecule has 5 rings (SSSR count). The molecule has 0 saturated heterocycles. The summed E-state index contributed by atoms with van der Waals surface area (Å²) in [5, 5.41) is 0.968. The average Bonchev–Trinajstić information content (AvgIpc) is 2.82. The van der Waals surface area contributed by atoms with E-state index < -0.39 is 0 Å². The van der Waals surface area contributed by atoms with Gasteiger partial charge < -0.3 is 0 Å². The number of hydrogen-bond donors (Lipinski definition) is 0. The van der Waals surface area contributed by atoms with Crippen molar-refractivity contribution in [2.45, 2.75) is 108 Å². The van der Waals surface area contributed by atoms with E-state index in [1.807, 2.05) is 11.8 Å². The van der Waals surface area contributed by atoms with Gasteiger partial charge in [0.05, 0.1) is 11.3 Å². The van der Waals surface area contributed by atoms with E-state index in [0.717, 1.165) is 48.0 Å². The standard InChI is InChI=1S/C28H38N2OS/c1-2-3-18-32-27-29-25-23-15-9-8-14-22(23)19-28(16-10-5-11-17-28)24(25)26(31)30(27)20-21-12-6-4-7-13-21/h8-9,14-15,21H,2-7,10-13,16-20H2,1H3. The fourth-order valence-corrected chi connectivity index (χ4v) is 7.51. The molecule has 1 heterocycles. The molecule has 172 valence electrons. The Morgan fingerprint density at radius 3 is 2.59 bits per heavy atom. The normalized spacial score (nSPS) is 20.2. The molecule has 0 N–H and O–H groups in total. The second-order valence-corrected chi connectivity index (χ2v) is 11.5. The van der Waals surface area contributed by atoms with Gasteiger partial charge in [-0.25, -0.2) is 4.98 Å². The highest BCUT2D eigenvalue weighted by molar-refractivity contribution is 7.99. The third kappa shape index (κ3) is 4.20. The van der Waals surface area contributed by atoms with Crippen LogP contribution in [0.2, 0.25) is 0 Å². The third-order valence-electron chi connectivity index (χ3n) is 8.17. The van der Waals surface area contributed by atoms with Crippen LogP contribution in [-0.4, -0.2) is 15.3 Å². The first kappa shape index (κ1) is 22.3. The van der Waals surface area contributed by atoms with E-state index in [4.69, 9.17) is 4.98 Å². The fraction of sp³-hybridized carbons (Fsp3) is 0.643. The fourth-order valence-electron chi connectivity index (χ4n) is 6.43. The van der Waals surface area contributed by atoms with Gasteiger partial charge in [0.2, 0.25) is 0 Å². The van der Waals surface area contributed by atoms with Gasteiger partial charge in [0, 0.05) is 23.3 Å². The molecule has 0 bridgehead atoms. The highest BCUT2D eigenvalue weighted by Gasteiger charge is 2.43. The summed E-state index contributed by atoms with van der Waals surface area (Å²) in [7, 11) is 0. The van der Waals surface area contributed by atoms with Gasteiger partial charge in [-0.1, -0.05) is 87.9 Å². The van der Waals surface area contributed by atoms with Gasteiger partial charge in [0.1, 0.15) is 0 Å². The van der Waals surface area contributed by atoms with Gasteiger partial charge in [0.15, 0.2) is 5.16 Å². The van der Waals surface area contributed by atoms with Crippen molar-refractivity contribution >= 4 is 11.8 Å². The zero-order valence-electron chi connectivity index (χ0n) is 19.7. The molecule has 0 amide bonds. The molecular formula is C28H38N2OS. The van der Waals surface area contributed by atoms with Crippen molar-refractivity contribution in [2.24, 2.45) is 5.92 Å². The summed E-state index contributed by atoms with van der Waals surface area (Å²) in [5.41, 5.74) is 4.95. The minimum atomic E-state index is -0.00699. The summed E-state index contributed by atoms with van der Waals surface area (Å²) in [6, 6.07) is 8.73. The van der Waals surface area contributed by atoms with E-state index in [9.17, 15) is 4.79 Å². The molecule has 0 atom stereocenters. The van der Waals surface area contributed by atoms with Crippen molar-refractivity contribution < 1.29 is 0 Å². The Bertz CT molecular complexity index is 999. The van der Waals surface area contributed by atoms with Crippen LogP contribution in [0, 0.1) is 5.92 Å². The number of nitrogens with zero attached hydrogens (tertiary/aromatic N) is 2. The zero-order chi connectivity index (χ0) is 22.0. The zero-order valence-corrected chi connectivity index (χ0v) is 20.5. The molecule has 1 aromatic carbocycles. The van der Waals surface area contributed by atoms with E-state index in [2.05, 4.69) is 35.8 Å². The van der Waals surface area contributed by atoms with Gasteiger partial charge in [-0.15, -0.1) is 0 Å². The minimum absolute atomic E-state index is 0.00699. The Morgan fingerprint density at radius 2 is 1.81 bits per heavy atom. The van der Waals surface area contributed by atoms with Crippen molar-refractivity contribution in [3.05, 3.63) is 45.7 Å². The molecule has 3 aliphatic rings. The summed E-state index contributed by atoms with van der Waals surface area (Å²) in [6.45, 7) is 3.10. The average molecular weight is 451 g/mol. The molecular weight excluding hydrogens is 412 g/mol. The molecule has 3 aliphatic carbocycles. The van der Waals surface area contributed by atoms with E-state index >= 15 is 0 Å². The summed E-state index contributed by atoms with van der Waals surface area (Å²) < 4.78 is 2.12. The van der Waals surface area contributed by atoms with Crippen molar-refractivity contribution in [3.63, 3.8) is 0 Å². The van der Waals surface area contributed by atoms with Gasteiger partial charge >= 0.3 is 0 Å². The molecule has 1 aromatic heterocycles. The highest BCUT2D eigenvalue weighted by Crippen LogP contribution is 2.49. The Kier molecular flexibility index (Phi) is 6.78. The molecule has 2 fully saturated rings. The molecule has 32 heavy (non-hydrogen) atoms. The monoisotopic (exact) mass is 450 g/mol. The van der Waals surface area contributed by atoms with Crippen molar-refractivity contribution in [1.82, 2.24) is 9.55 Å². The maximum Gasteiger partial charge on any atom is 0.258 e. The summed E-state index contributed by atoms with van der Waals surface area (Å²) >= 11 is 1.81. The lowest BCUT2D eigenvalue weighted by molar-refractivity contribution is 0.274. The third-order valence-corrected chi connectivity index (χ3v) is 9.23. The first-order chi connectivity index (χ1) is 15.7. The number of unbranched alkanes of at least 4 members (excludes halogenated alkanes) is 1. The lowest BCUT2D eigenvalue weighted by Crippen LogP contribution is -2.43. The van der Waals surface area contributed by atoms with Crippen LogP contribution in [0.1, 0.15) is 95.1 Å². The topological polar surface area (TPSA) is 34.9 Å². The first-order valence-electron chi connectivity index (χ1n) is 13.1. The van der Waals surface area contributed by atoms with Crippen LogP contribution in [0.4, 0.5) is 0 Å². The van der Waals surface area contributed by atoms with Gasteiger partial charge in [-0.2, -0.15) is 0 Å². The van der Waals surface area contributed by atoms with Crippen molar-refractivity contribution in [3.8, 4) is 11.3 Å². The molecule has 1 spiro atoms. The predicted octanol–water partition coefficient (Wildman–Crippen LogP) is 7.14. The minimum Gasteiger partial charge on any atom is -0.287 e. The second kappa shape index (κ2) is 9.75. The van der Waals surface area contributed by atoms with Crippen molar-refractivity contribution in [2.75, 3.05) is 5.75 Å². The quantitative estimate of drug-likeness (QED) is 0.266. The van der Waals surface area contributed by atoms with Gasteiger partial charge in [0.25, 0.3) is 5.56 Å². The number of hydrogen-bond acceptors (Lipinski definition) is 3. The largest absolute Gasteiger partial charge is 0.287 e. The molecule has 2 aromatic rings. The van der Waals surface area contributed by atoms with Crippen LogP contribution in [0.25, 0.3) is 11.3 Å². The highest BCUT2D eigenvalue weighted by atomic mass is 32.2. The second-order valence-electron chi connectivity index (χ2n) is 10.4. The number of thioether (sulfide) groups is 1. The van der Waals surface area contributed by atoms with Crippen LogP contribution >= 0.6 is 11.8 Å². The molecule has 3 nitrogen and oxygen atoms in total. The van der Waals surface area contributed by atoms with Gasteiger partial charge in [-0.05, 0) is 50.0 Å². The van der Waals surface area contributed by atoms with E-state index in [-0.39, 0.29) is 11.0 Å². The molecule has 0 aliphatic heterocycles. The number of rotatable bonds is 6. The van der Waals surface area contributed by atoms with Crippen LogP contribution in [0.5, 0.6) is 0 Å². The SMILES string of the molecule is CCCCSc1nc2c(c(=O)n1CC1CCCCC1)C1(CCCCC1)Cc1ccccc1-2. The van der Waals surface area contributed by atoms with E-state index in [1.165, 1.54) is 75.3 Å². The molecule has 4 heteroatoms. The Balaban J connectivity index is 1.65. The maximum absolute atomic E-state index is 14.3. The number of aromatic nitrogens is 2. The Labute approximate surface area is 197 Å². The van der Waals surface area contributed by atoms with E-state index in [0.29, 0.717) is 5.92 Å². The van der Waals surface area contributed by atoms with Crippen LogP contribution in [0.15, 0.2) is 34.2 Å². The molecule has 0 unspecified atom stereocenters. The summed E-state index contributed by atoms with van der Waals surface area (Å²) in [6.07, 6.45) is 15.9. The summed E-state index contributed by atoms with van der Waals surface area (Å²) in [5.74, 6) is 1.67. The number of benzene rings is 1. The smallest absolute Gasteiger partial charge is 0.258 e. The molecule has 2 saturated carbocycles. The predicted molar refractivity (Wildman–Crippen MR) is 135 cm³/mol. The van der Waals surface area contributed by atoms with Crippen molar-refractivity contribution in [1.29, 1.82) is 0 Å². The first-order valence-corrected chi connectivity index (χ1v) is 14.1. The van der Waals surface area contributed by atoms with Gasteiger partial charge in [-0.3, -0.25) is 9.36 Å². The lowest BCUT2D eigenvalue weighted by atomic mass is 9.62. The van der Waals surface area contributed by atoms with E-state index in [1.54, 1.807) is 0 Å². The summed E-state index contributed by atoms with van der Waals surface area (Å²) in [4.78, 5) is 19.7.